The average Bonchev–Trinajstić information content (AvgIpc) is 3.37. The highest BCUT2D eigenvalue weighted by molar-refractivity contribution is 7.99. The van der Waals surface area contributed by atoms with E-state index in [4.69, 9.17) is 11.6 Å². The number of amides is 1. The highest BCUT2D eigenvalue weighted by Gasteiger charge is 2.28. The zero-order valence-corrected chi connectivity index (χ0v) is 19.2. The normalized spacial score (nSPS) is 15.3. The summed E-state index contributed by atoms with van der Waals surface area (Å²) < 4.78 is 27.0. The molecule has 1 aromatic carbocycles. The molecule has 1 aliphatic rings. The monoisotopic (exact) mass is 482 g/mol. The number of anilines is 1. The number of H-pyrrole nitrogens is 1. The van der Waals surface area contributed by atoms with Gasteiger partial charge in [0, 0.05) is 46.3 Å². The lowest BCUT2D eigenvalue weighted by Gasteiger charge is -2.24. The molecule has 7 nitrogen and oxygen atoms in total. The van der Waals surface area contributed by atoms with E-state index in [1.54, 1.807) is 23.9 Å². The van der Waals surface area contributed by atoms with E-state index < -0.39 is 15.9 Å². The second kappa shape index (κ2) is 8.72. The van der Waals surface area contributed by atoms with E-state index in [0.717, 1.165) is 27.6 Å². The van der Waals surface area contributed by atoms with Crippen LogP contribution in [0.25, 0.3) is 11.3 Å². The lowest BCUT2D eigenvalue weighted by Crippen LogP contribution is -2.37. The largest absolute Gasteiger partial charge is 0.356 e. The van der Waals surface area contributed by atoms with Crippen molar-refractivity contribution >= 4 is 55.8 Å². The fourth-order valence-electron chi connectivity index (χ4n) is 3.08. The zero-order valence-electron chi connectivity index (χ0n) is 16.0. The molecule has 0 aliphatic carbocycles. The van der Waals surface area contributed by atoms with E-state index in [2.05, 4.69) is 15.3 Å². The van der Waals surface area contributed by atoms with Crippen LogP contribution in [0.5, 0.6) is 0 Å². The number of hydrogen-bond acceptors (Lipinski definition) is 6. The van der Waals surface area contributed by atoms with Crippen molar-refractivity contribution in [2.24, 2.45) is 0 Å². The summed E-state index contributed by atoms with van der Waals surface area (Å²) in [6, 6.07) is 8.69. The number of nitrogens with one attached hydrogen (secondary N) is 2. The highest BCUT2D eigenvalue weighted by Crippen LogP contribution is 2.31. The number of thioether (sulfide) groups is 1. The Morgan fingerprint density at radius 1 is 1.23 bits per heavy atom. The number of hydrogen-bond donors (Lipinski definition) is 2. The molecule has 0 atom stereocenters. The molecule has 0 bridgehead atoms. The van der Waals surface area contributed by atoms with E-state index in [1.807, 2.05) is 19.1 Å². The van der Waals surface area contributed by atoms with Gasteiger partial charge in [0.05, 0.1) is 5.69 Å². The minimum Gasteiger partial charge on any atom is -0.356 e. The van der Waals surface area contributed by atoms with Gasteiger partial charge < -0.3 is 4.98 Å². The van der Waals surface area contributed by atoms with Crippen LogP contribution in [0.2, 0.25) is 5.02 Å². The van der Waals surface area contributed by atoms with E-state index in [0.29, 0.717) is 23.2 Å². The van der Waals surface area contributed by atoms with E-state index in [1.165, 1.54) is 27.9 Å². The molecule has 2 N–H and O–H groups in total. The van der Waals surface area contributed by atoms with Crippen LogP contribution in [-0.4, -0.2) is 53.2 Å². The highest BCUT2D eigenvalue weighted by atomic mass is 35.5. The summed E-state index contributed by atoms with van der Waals surface area (Å²) in [5, 5.41) is 3.82. The number of aryl methyl sites for hydroxylation is 1. The Hall–Kier alpha value is -1.85. The van der Waals surface area contributed by atoms with Crippen LogP contribution < -0.4 is 5.32 Å². The number of nitrogens with zero attached hydrogens (tertiary/aromatic N) is 2. The van der Waals surface area contributed by atoms with Gasteiger partial charge >= 0.3 is 0 Å². The predicted molar refractivity (Wildman–Crippen MR) is 122 cm³/mol. The third-order valence-electron chi connectivity index (χ3n) is 4.64. The van der Waals surface area contributed by atoms with Gasteiger partial charge in [0.2, 0.25) is 10.0 Å². The SMILES string of the molecule is Cc1sc(NC(=O)c2cc(S(=O)(=O)N3CCSCC3)c[nH]2)nc1-c1ccc(Cl)cc1. The topological polar surface area (TPSA) is 95.2 Å². The van der Waals surface area contributed by atoms with Crippen LogP contribution in [0.4, 0.5) is 5.13 Å². The van der Waals surface area contributed by atoms with Gasteiger partial charge in [-0.05, 0) is 25.1 Å². The summed E-state index contributed by atoms with van der Waals surface area (Å²) in [5.41, 5.74) is 1.84. The molecule has 3 heterocycles. The van der Waals surface area contributed by atoms with Crippen molar-refractivity contribution < 1.29 is 13.2 Å². The van der Waals surface area contributed by atoms with Crippen LogP contribution in [0, 0.1) is 6.92 Å². The molecule has 3 aromatic rings. The second-order valence-electron chi connectivity index (χ2n) is 6.65. The summed E-state index contributed by atoms with van der Waals surface area (Å²) in [5.74, 6) is 1.11. The molecular weight excluding hydrogens is 464 g/mol. The number of thiazole rings is 1. The Balaban J connectivity index is 1.50. The number of sulfonamides is 1. The lowest BCUT2D eigenvalue weighted by atomic mass is 10.1. The fourth-order valence-corrected chi connectivity index (χ4v) is 6.61. The number of aromatic amines is 1. The van der Waals surface area contributed by atoms with Gasteiger partial charge in [-0.15, -0.1) is 11.3 Å². The molecule has 1 fully saturated rings. The third kappa shape index (κ3) is 4.42. The van der Waals surface area contributed by atoms with Crippen molar-refractivity contribution in [1.82, 2.24) is 14.3 Å². The quantitative estimate of drug-likeness (QED) is 0.571. The smallest absolute Gasteiger partial charge is 0.273 e. The van der Waals surface area contributed by atoms with Gasteiger partial charge in [0.15, 0.2) is 5.13 Å². The molecule has 0 unspecified atom stereocenters. The fraction of sp³-hybridized carbons (Fsp3) is 0.263. The number of halogens is 1. The number of rotatable bonds is 5. The van der Waals surface area contributed by atoms with Gasteiger partial charge in [-0.1, -0.05) is 23.7 Å². The van der Waals surface area contributed by atoms with Crippen molar-refractivity contribution in [2.75, 3.05) is 29.9 Å². The number of benzene rings is 1. The molecule has 4 rings (SSSR count). The summed E-state index contributed by atoms with van der Waals surface area (Å²) in [6.45, 7) is 2.88. The van der Waals surface area contributed by atoms with Crippen molar-refractivity contribution in [3.63, 3.8) is 0 Å². The van der Waals surface area contributed by atoms with Crippen LogP contribution in [0.1, 0.15) is 15.4 Å². The summed E-state index contributed by atoms with van der Waals surface area (Å²) in [7, 11) is -3.60. The Morgan fingerprint density at radius 2 is 1.93 bits per heavy atom. The van der Waals surface area contributed by atoms with Crippen LogP contribution in [0.15, 0.2) is 41.4 Å². The van der Waals surface area contributed by atoms with Gasteiger partial charge in [-0.2, -0.15) is 16.1 Å². The first-order valence-corrected chi connectivity index (χ1v) is 12.9. The zero-order chi connectivity index (χ0) is 21.3. The van der Waals surface area contributed by atoms with Crippen molar-refractivity contribution in [1.29, 1.82) is 0 Å². The standard InChI is InChI=1S/C19H19ClN4O3S3/c1-12-17(13-2-4-14(20)5-3-13)22-19(29-12)23-18(25)16-10-15(11-21-16)30(26,27)24-6-8-28-9-7-24/h2-5,10-11,21H,6-9H2,1H3,(H,22,23,25). The Bertz CT molecular complexity index is 1170. The van der Waals surface area contributed by atoms with Gasteiger partial charge in [0.25, 0.3) is 5.91 Å². The summed E-state index contributed by atoms with van der Waals surface area (Å²) in [6.07, 6.45) is 1.36. The molecule has 0 saturated carbocycles. The average molecular weight is 483 g/mol. The lowest BCUT2D eigenvalue weighted by molar-refractivity contribution is 0.102. The Kier molecular flexibility index (Phi) is 6.21. The van der Waals surface area contributed by atoms with E-state index in [-0.39, 0.29) is 10.6 Å². The van der Waals surface area contributed by atoms with Gasteiger partial charge in [0.1, 0.15) is 10.6 Å². The van der Waals surface area contributed by atoms with E-state index >= 15 is 0 Å². The molecule has 11 heteroatoms. The molecular formula is C19H19ClN4O3S3. The molecule has 2 aromatic heterocycles. The maximum absolute atomic E-state index is 12.8. The van der Waals surface area contributed by atoms with Gasteiger partial charge in [-0.3, -0.25) is 10.1 Å². The number of carbonyl (C=O) groups is 1. The summed E-state index contributed by atoms with van der Waals surface area (Å²) in [4.78, 5) is 20.9. The van der Waals surface area contributed by atoms with E-state index in [9.17, 15) is 13.2 Å². The minimum atomic E-state index is -3.60. The van der Waals surface area contributed by atoms with Crippen molar-refractivity contribution in [3.05, 3.63) is 52.1 Å². The van der Waals surface area contributed by atoms with Crippen LogP contribution in [-0.2, 0) is 10.0 Å². The second-order valence-corrected chi connectivity index (χ2v) is 11.5. The van der Waals surface area contributed by atoms with Gasteiger partial charge in [-0.25, -0.2) is 13.4 Å². The molecule has 158 valence electrons. The molecule has 0 spiro atoms. The third-order valence-corrected chi connectivity index (χ3v) is 8.60. The van der Waals surface area contributed by atoms with Crippen LogP contribution in [0.3, 0.4) is 0 Å². The molecule has 1 saturated heterocycles. The van der Waals surface area contributed by atoms with Crippen molar-refractivity contribution in [2.45, 2.75) is 11.8 Å². The van der Waals surface area contributed by atoms with Crippen LogP contribution >= 0.6 is 34.7 Å². The number of aromatic nitrogens is 2. The first-order valence-electron chi connectivity index (χ1n) is 9.15. The minimum absolute atomic E-state index is 0.0942. The Morgan fingerprint density at radius 3 is 2.63 bits per heavy atom. The molecule has 0 radical (unpaired) electrons. The molecule has 1 amide bonds. The van der Waals surface area contributed by atoms with Crippen molar-refractivity contribution in [3.8, 4) is 11.3 Å². The first-order chi connectivity index (χ1) is 14.3. The maximum Gasteiger partial charge on any atom is 0.273 e. The number of carbonyl (C=O) groups excluding carboxylic acids is 1. The molecule has 1 aliphatic heterocycles. The summed E-state index contributed by atoms with van der Waals surface area (Å²) >= 11 is 9.02. The molecule has 30 heavy (non-hydrogen) atoms. The maximum atomic E-state index is 12.8. The first kappa shape index (κ1) is 21.4. The predicted octanol–water partition coefficient (Wildman–Crippen LogP) is 4.09. The Labute approximate surface area is 187 Å².